The van der Waals surface area contributed by atoms with Crippen molar-refractivity contribution in [2.24, 2.45) is 0 Å². The van der Waals surface area contributed by atoms with Crippen LogP contribution in [0.2, 0.25) is 0 Å². The van der Waals surface area contributed by atoms with Crippen molar-refractivity contribution in [2.45, 2.75) is 23.5 Å². The van der Waals surface area contributed by atoms with Crippen molar-refractivity contribution in [3.05, 3.63) is 77.9 Å². The molecule has 0 atom stereocenters. The number of halogens is 1. The number of thioether (sulfide) groups is 1. The molecule has 1 aliphatic rings. The third-order valence-corrected chi connectivity index (χ3v) is 6.12. The van der Waals surface area contributed by atoms with Gasteiger partial charge in [0.15, 0.2) is 18.1 Å². The Hall–Kier alpha value is -3.06. The summed E-state index contributed by atoms with van der Waals surface area (Å²) in [5, 5.41) is 0. The van der Waals surface area contributed by atoms with Crippen LogP contribution in [0.25, 0.3) is 0 Å². The first-order valence-corrected chi connectivity index (χ1v) is 11.0. The number of carbonyl (C=O) groups excluding carboxylic acids is 1. The molecule has 1 aromatic heterocycles. The lowest BCUT2D eigenvalue weighted by molar-refractivity contribution is -0.120. The number of methoxy groups -OCH3 is 1. The first-order valence-electron chi connectivity index (χ1n) is 10.1. The van der Waals surface area contributed by atoms with Crippen molar-refractivity contribution in [3.8, 4) is 11.5 Å². The maximum absolute atomic E-state index is 13.1. The Bertz CT molecular complexity index is 1060. The zero-order valence-corrected chi connectivity index (χ0v) is 18.0. The van der Waals surface area contributed by atoms with Gasteiger partial charge in [-0.2, -0.15) is 0 Å². The predicted octanol–water partition coefficient (Wildman–Crippen LogP) is 4.88. The number of nitrogens with zero attached hydrogens (tertiary/aromatic N) is 2. The van der Waals surface area contributed by atoms with Crippen molar-refractivity contribution in [1.82, 2.24) is 4.98 Å². The zero-order valence-electron chi connectivity index (χ0n) is 17.2. The minimum atomic E-state index is -0.261. The highest BCUT2D eigenvalue weighted by Crippen LogP contribution is 2.31. The topological polar surface area (TPSA) is 51.7 Å². The third kappa shape index (κ3) is 5.17. The number of para-hydroxylation sites is 1. The van der Waals surface area contributed by atoms with E-state index in [1.807, 2.05) is 18.2 Å². The van der Waals surface area contributed by atoms with Crippen molar-refractivity contribution < 1.29 is 18.7 Å². The van der Waals surface area contributed by atoms with Crippen molar-refractivity contribution >= 4 is 23.4 Å². The van der Waals surface area contributed by atoms with Gasteiger partial charge in [-0.1, -0.05) is 18.2 Å². The van der Waals surface area contributed by atoms with E-state index in [9.17, 15) is 9.18 Å². The van der Waals surface area contributed by atoms with Gasteiger partial charge < -0.3 is 14.4 Å². The van der Waals surface area contributed by atoms with Gasteiger partial charge in [0.05, 0.1) is 19.0 Å². The monoisotopic (exact) mass is 438 g/mol. The number of aryl methyl sites for hydroxylation is 1. The predicted molar refractivity (Wildman–Crippen MR) is 119 cm³/mol. The van der Waals surface area contributed by atoms with Crippen LogP contribution in [0, 0.1) is 5.82 Å². The number of ether oxygens (including phenoxy) is 2. The van der Waals surface area contributed by atoms with Crippen molar-refractivity contribution in [2.75, 3.05) is 25.2 Å². The molecular formula is C24H23FN2O3S. The largest absolute Gasteiger partial charge is 0.491 e. The van der Waals surface area contributed by atoms with E-state index in [0.29, 0.717) is 23.8 Å². The van der Waals surface area contributed by atoms with Gasteiger partial charge in [-0.15, -0.1) is 11.8 Å². The number of fused-ring (bicyclic) bond motifs is 1. The van der Waals surface area contributed by atoms with E-state index < -0.39 is 0 Å². The maximum atomic E-state index is 13.1. The number of aromatic nitrogens is 1. The van der Waals surface area contributed by atoms with Crippen molar-refractivity contribution in [1.29, 1.82) is 0 Å². The molecule has 4 rings (SSSR count). The first-order chi connectivity index (χ1) is 15.1. The lowest BCUT2D eigenvalue weighted by Gasteiger charge is -2.29. The Balaban J connectivity index is 1.42. The molecule has 0 saturated heterocycles. The highest BCUT2D eigenvalue weighted by atomic mass is 32.2. The number of amides is 1. The Morgan fingerprint density at radius 1 is 1.16 bits per heavy atom. The number of rotatable bonds is 7. The van der Waals surface area contributed by atoms with Crippen LogP contribution >= 0.6 is 11.8 Å². The number of anilines is 1. The van der Waals surface area contributed by atoms with Crippen LogP contribution in [0.3, 0.4) is 0 Å². The molecule has 0 bridgehead atoms. The van der Waals surface area contributed by atoms with Crippen LogP contribution in [0.15, 0.2) is 65.7 Å². The fraction of sp³-hybridized carbons (Fsp3) is 0.250. The number of benzene rings is 2. The summed E-state index contributed by atoms with van der Waals surface area (Å²) in [5.74, 6) is 1.18. The Morgan fingerprint density at radius 2 is 1.97 bits per heavy atom. The van der Waals surface area contributed by atoms with Crippen molar-refractivity contribution in [3.63, 3.8) is 0 Å². The van der Waals surface area contributed by atoms with Gasteiger partial charge in [-0.25, -0.2) is 4.39 Å². The van der Waals surface area contributed by atoms with Crippen LogP contribution in [0.5, 0.6) is 11.5 Å². The van der Waals surface area contributed by atoms with E-state index in [1.165, 1.54) is 17.7 Å². The van der Waals surface area contributed by atoms with Gasteiger partial charge in [-0.3, -0.25) is 9.78 Å². The molecular weight excluding hydrogens is 415 g/mol. The minimum Gasteiger partial charge on any atom is -0.491 e. The van der Waals surface area contributed by atoms with Gasteiger partial charge in [0, 0.05) is 28.9 Å². The molecule has 2 heterocycles. The summed E-state index contributed by atoms with van der Waals surface area (Å²) in [4.78, 5) is 20.0. The van der Waals surface area contributed by atoms with Crippen LogP contribution in [-0.2, 0) is 17.0 Å². The van der Waals surface area contributed by atoms with E-state index in [4.69, 9.17) is 9.47 Å². The molecule has 5 nitrogen and oxygen atoms in total. The highest BCUT2D eigenvalue weighted by molar-refractivity contribution is 7.98. The van der Waals surface area contributed by atoms with Gasteiger partial charge in [-0.05, 0) is 48.7 Å². The molecule has 3 aromatic rings. The minimum absolute atomic E-state index is 0.0841. The SMILES string of the molecule is COc1cnc(CSc2ccc(F)cc2)cc1OCC(=O)N1CCCc2ccccc21. The second kappa shape index (κ2) is 9.83. The van der Waals surface area contributed by atoms with Crippen LogP contribution in [0.4, 0.5) is 10.1 Å². The lowest BCUT2D eigenvalue weighted by atomic mass is 10.0. The fourth-order valence-electron chi connectivity index (χ4n) is 3.51. The normalized spacial score (nSPS) is 12.9. The maximum Gasteiger partial charge on any atom is 0.264 e. The molecule has 0 saturated carbocycles. The summed E-state index contributed by atoms with van der Waals surface area (Å²) in [6.07, 6.45) is 3.51. The quantitative estimate of drug-likeness (QED) is 0.492. The number of hydrogen-bond donors (Lipinski definition) is 0. The van der Waals surface area contributed by atoms with Crippen LogP contribution < -0.4 is 14.4 Å². The average molecular weight is 439 g/mol. The van der Waals surface area contributed by atoms with Crippen LogP contribution in [-0.4, -0.2) is 31.2 Å². The van der Waals surface area contributed by atoms with E-state index in [2.05, 4.69) is 11.1 Å². The highest BCUT2D eigenvalue weighted by Gasteiger charge is 2.23. The summed E-state index contributed by atoms with van der Waals surface area (Å²) < 4.78 is 24.3. The molecule has 1 amide bonds. The molecule has 160 valence electrons. The van der Waals surface area contributed by atoms with E-state index in [1.54, 1.807) is 48.2 Å². The van der Waals surface area contributed by atoms with E-state index in [0.717, 1.165) is 29.1 Å². The molecule has 0 spiro atoms. The summed E-state index contributed by atoms with van der Waals surface area (Å²) >= 11 is 1.54. The molecule has 31 heavy (non-hydrogen) atoms. The Morgan fingerprint density at radius 3 is 2.77 bits per heavy atom. The molecule has 7 heteroatoms. The van der Waals surface area contributed by atoms with E-state index >= 15 is 0 Å². The second-order valence-electron chi connectivity index (χ2n) is 7.14. The standard InChI is InChI=1S/C24H23FN2O3S/c1-29-23-14-26-19(16-31-20-10-8-18(25)9-11-20)13-22(23)30-15-24(28)27-12-4-6-17-5-2-3-7-21(17)27/h2-3,5,7-11,13-14H,4,6,12,15-16H2,1H3. The molecule has 0 radical (unpaired) electrons. The fourth-order valence-corrected chi connectivity index (χ4v) is 4.31. The Labute approximate surface area is 185 Å². The summed E-state index contributed by atoms with van der Waals surface area (Å²) in [7, 11) is 1.54. The molecule has 0 N–H and O–H groups in total. The summed E-state index contributed by atoms with van der Waals surface area (Å²) in [5.41, 5.74) is 2.92. The zero-order chi connectivity index (χ0) is 21.6. The Kier molecular flexibility index (Phi) is 6.72. The van der Waals surface area contributed by atoms with Gasteiger partial charge in [0.1, 0.15) is 5.82 Å². The number of carbonyl (C=O) groups is 1. The van der Waals surface area contributed by atoms with Gasteiger partial charge in [0.2, 0.25) is 0 Å². The smallest absolute Gasteiger partial charge is 0.264 e. The lowest BCUT2D eigenvalue weighted by Crippen LogP contribution is -2.38. The second-order valence-corrected chi connectivity index (χ2v) is 8.18. The van der Waals surface area contributed by atoms with Crippen LogP contribution in [0.1, 0.15) is 17.7 Å². The molecule has 2 aromatic carbocycles. The first kappa shape index (κ1) is 21.2. The number of pyridine rings is 1. The molecule has 0 aliphatic carbocycles. The summed E-state index contributed by atoms with van der Waals surface area (Å²) in [6.45, 7) is 0.603. The van der Waals surface area contributed by atoms with E-state index in [-0.39, 0.29) is 18.3 Å². The van der Waals surface area contributed by atoms with Gasteiger partial charge >= 0.3 is 0 Å². The molecule has 0 fully saturated rings. The number of hydrogen-bond acceptors (Lipinski definition) is 5. The average Bonchev–Trinajstić information content (AvgIpc) is 2.82. The third-order valence-electron chi connectivity index (χ3n) is 5.07. The summed E-state index contributed by atoms with van der Waals surface area (Å²) in [6, 6.07) is 16.1. The van der Waals surface area contributed by atoms with Gasteiger partial charge in [0.25, 0.3) is 5.91 Å². The molecule has 1 aliphatic heterocycles. The molecule has 0 unspecified atom stereocenters.